The normalized spacial score (nSPS) is 17.3. The molecule has 1 atom stereocenters. The number of aryl methyl sites for hydroxylation is 2. The van der Waals surface area contributed by atoms with Crippen LogP contribution in [0.4, 0.5) is 0 Å². The van der Waals surface area contributed by atoms with E-state index in [2.05, 4.69) is 41.2 Å². The van der Waals surface area contributed by atoms with Gasteiger partial charge in [-0.15, -0.1) is 0 Å². The first kappa shape index (κ1) is 25.1. The molecule has 1 unspecified atom stereocenters. The first-order chi connectivity index (χ1) is 16.5. The Kier molecular flexibility index (Phi) is 7.12. The fraction of sp³-hybridized carbons (Fsp3) is 0.520. The molecule has 1 aromatic carbocycles. The second kappa shape index (κ2) is 9.93. The van der Waals surface area contributed by atoms with Gasteiger partial charge in [-0.1, -0.05) is 43.3 Å². The van der Waals surface area contributed by atoms with Crippen molar-refractivity contribution in [3.63, 3.8) is 0 Å². The van der Waals surface area contributed by atoms with Gasteiger partial charge in [-0.05, 0) is 31.7 Å². The van der Waals surface area contributed by atoms with E-state index in [0.29, 0.717) is 37.0 Å². The predicted molar refractivity (Wildman–Crippen MR) is 133 cm³/mol. The van der Waals surface area contributed by atoms with Crippen LogP contribution in [0, 0.1) is 13.8 Å². The molecule has 0 aliphatic carbocycles. The predicted octanol–water partition coefficient (Wildman–Crippen LogP) is 3.62. The highest BCUT2D eigenvalue weighted by atomic mass is 32.2. The SMILES string of the molecule is Cc1nn(C2CCS(=O)(=O)C2)c(C)c1CN(C)C(=O)CCc1nc(-c2ccc(C(C)C)cc2)no1. The van der Waals surface area contributed by atoms with Crippen molar-refractivity contribution in [1.82, 2.24) is 24.8 Å². The standard InChI is InChI=1S/C25H33N5O4S/c1-16(2)19-6-8-20(9-7-19)25-26-23(34-28-25)10-11-24(31)29(5)14-22-17(3)27-30(18(22)4)21-12-13-35(32,33)15-21/h6-9,16,21H,10-15H2,1-5H3. The van der Waals surface area contributed by atoms with Crippen molar-refractivity contribution in [3.05, 3.63) is 52.7 Å². The fourth-order valence-electron chi connectivity index (χ4n) is 4.47. The molecule has 0 radical (unpaired) electrons. The summed E-state index contributed by atoms with van der Waals surface area (Å²) in [5.74, 6) is 1.68. The van der Waals surface area contributed by atoms with Gasteiger partial charge in [0.15, 0.2) is 9.84 Å². The molecule has 188 valence electrons. The third-order valence-electron chi connectivity index (χ3n) is 6.71. The Bertz CT molecular complexity index is 1310. The summed E-state index contributed by atoms with van der Waals surface area (Å²) in [6, 6.07) is 7.95. The maximum absolute atomic E-state index is 12.8. The molecule has 1 saturated heterocycles. The minimum absolute atomic E-state index is 0.0407. The summed E-state index contributed by atoms with van der Waals surface area (Å²) in [6.45, 7) is 8.53. The van der Waals surface area contributed by atoms with Crippen LogP contribution in [0.5, 0.6) is 0 Å². The number of rotatable bonds is 8. The lowest BCUT2D eigenvalue weighted by molar-refractivity contribution is -0.130. The molecule has 0 saturated carbocycles. The van der Waals surface area contributed by atoms with E-state index >= 15 is 0 Å². The quantitative estimate of drug-likeness (QED) is 0.465. The maximum Gasteiger partial charge on any atom is 0.227 e. The van der Waals surface area contributed by atoms with Crippen LogP contribution in [0.3, 0.4) is 0 Å². The zero-order valence-electron chi connectivity index (χ0n) is 21.0. The number of nitrogens with zero attached hydrogens (tertiary/aromatic N) is 5. The molecule has 2 aromatic heterocycles. The second-order valence-corrected chi connectivity index (χ2v) is 11.9. The molecule has 0 spiro atoms. The molecule has 35 heavy (non-hydrogen) atoms. The van der Waals surface area contributed by atoms with Gasteiger partial charge in [0.1, 0.15) is 0 Å². The lowest BCUT2D eigenvalue weighted by Crippen LogP contribution is -2.27. The monoisotopic (exact) mass is 499 g/mol. The van der Waals surface area contributed by atoms with E-state index < -0.39 is 9.84 Å². The van der Waals surface area contributed by atoms with Crippen LogP contribution in [0.25, 0.3) is 11.4 Å². The lowest BCUT2D eigenvalue weighted by atomic mass is 10.0. The van der Waals surface area contributed by atoms with Crippen LogP contribution < -0.4 is 0 Å². The van der Waals surface area contributed by atoms with Crippen LogP contribution >= 0.6 is 0 Å². The number of hydrogen-bond acceptors (Lipinski definition) is 7. The molecule has 9 nitrogen and oxygen atoms in total. The van der Waals surface area contributed by atoms with Gasteiger partial charge in [-0.2, -0.15) is 10.1 Å². The van der Waals surface area contributed by atoms with Gasteiger partial charge in [-0.3, -0.25) is 9.48 Å². The molecule has 1 fully saturated rings. The Morgan fingerprint density at radius 3 is 2.57 bits per heavy atom. The summed E-state index contributed by atoms with van der Waals surface area (Å²) in [6.07, 6.45) is 1.18. The highest BCUT2D eigenvalue weighted by molar-refractivity contribution is 7.91. The summed E-state index contributed by atoms with van der Waals surface area (Å²) >= 11 is 0. The van der Waals surface area contributed by atoms with Crippen LogP contribution in [0.15, 0.2) is 28.8 Å². The van der Waals surface area contributed by atoms with Crippen LogP contribution in [-0.2, 0) is 27.6 Å². The number of benzene rings is 1. The molecule has 4 rings (SSSR count). The average Bonchev–Trinajstić information content (AvgIpc) is 3.51. The van der Waals surface area contributed by atoms with Crippen molar-refractivity contribution in [2.75, 3.05) is 18.6 Å². The highest BCUT2D eigenvalue weighted by Crippen LogP contribution is 2.27. The van der Waals surface area contributed by atoms with Crippen LogP contribution in [0.1, 0.15) is 67.1 Å². The average molecular weight is 500 g/mol. The van der Waals surface area contributed by atoms with Crippen molar-refractivity contribution in [3.8, 4) is 11.4 Å². The van der Waals surface area contributed by atoms with Gasteiger partial charge >= 0.3 is 0 Å². The van der Waals surface area contributed by atoms with E-state index in [-0.39, 0.29) is 29.9 Å². The summed E-state index contributed by atoms with van der Waals surface area (Å²) in [7, 11) is -1.24. The fourth-order valence-corrected chi connectivity index (χ4v) is 6.16. The van der Waals surface area contributed by atoms with Gasteiger partial charge in [0, 0.05) is 43.3 Å². The number of carbonyl (C=O) groups excluding carboxylic acids is 1. The molecule has 3 aromatic rings. The largest absolute Gasteiger partial charge is 0.341 e. The second-order valence-electron chi connectivity index (χ2n) is 9.69. The van der Waals surface area contributed by atoms with E-state index in [1.807, 2.05) is 30.7 Å². The van der Waals surface area contributed by atoms with E-state index in [4.69, 9.17) is 4.52 Å². The smallest absolute Gasteiger partial charge is 0.227 e. The number of sulfone groups is 1. The third kappa shape index (κ3) is 5.63. The summed E-state index contributed by atoms with van der Waals surface area (Å²) in [4.78, 5) is 18.9. The van der Waals surface area contributed by atoms with Crippen molar-refractivity contribution in [2.45, 2.75) is 65.5 Å². The molecular formula is C25H33N5O4S. The zero-order chi connectivity index (χ0) is 25.3. The Morgan fingerprint density at radius 2 is 1.94 bits per heavy atom. The van der Waals surface area contributed by atoms with E-state index in [9.17, 15) is 13.2 Å². The van der Waals surface area contributed by atoms with Crippen LogP contribution in [-0.4, -0.2) is 57.7 Å². The molecule has 1 amide bonds. The third-order valence-corrected chi connectivity index (χ3v) is 8.46. The number of aromatic nitrogens is 4. The number of carbonyl (C=O) groups is 1. The van der Waals surface area contributed by atoms with Gasteiger partial charge < -0.3 is 9.42 Å². The highest BCUT2D eigenvalue weighted by Gasteiger charge is 2.31. The van der Waals surface area contributed by atoms with Crippen molar-refractivity contribution in [1.29, 1.82) is 0 Å². The van der Waals surface area contributed by atoms with Gasteiger partial charge in [0.05, 0.1) is 23.2 Å². The van der Waals surface area contributed by atoms with Crippen molar-refractivity contribution in [2.24, 2.45) is 0 Å². The molecule has 10 heteroatoms. The topological polar surface area (TPSA) is 111 Å². The van der Waals surface area contributed by atoms with Crippen LogP contribution in [0.2, 0.25) is 0 Å². The number of hydrogen-bond donors (Lipinski definition) is 0. The Hall–Kier alpha value is -3.01. The van der Waals surface area contributed by atoms with E-state index in [1.165, 1.54) is 5.56 Å². The molecule has 0 bridgehead atoms. The zero-order valence-corrected chi connectivity index (χ0v) is 21.8. The Labute approximate surface area is 206 Å². The Morgan fingerprint density at radius 1 is 1.23 bits per heavy atom. The minimum atomic E-state index is -3.00. The molecule has 0 N–H and O–H groups in total. The summed E-state index contributed by atoms with van der Waals surface area (Å²) in [5, 5.41) is 8.65. The van der Waals surface area contributed by atoms with Gasteiger partial charge in [0.2, 0.25) is 17.6 Å². The van der Waals surface area contributed by atoms with Crippen molar-refractivity contribution < 1.29 is 17.7 Å². The number of amides is 1. The minimum Gasteiger partial charge on any atom is -0.341 e. The molecule has 3 heterocycles. The van der Waals surface area contributed by atoms with Gasteiger partial charge in [0.25, 0.3) is 0 Å². The van der Waals surface area contributed by atoms with Gasteiger partial charge in [-0.25, -0.2) is 8.42 Å². The maximum atomic E-state index is 12.8. The molecule has 1 aliphatic heterocycles. The first-order valence-electron chi connectivity index (χ1n) is 12.0. The molecule has 1 aliphatic rings. The first-order valence-corrected chi connectivity index (χ1v) is 13.8. The van der Waals surface area contributed by atoms with E-state index in [0.717, 1.165) is 22.5 Å². The lowest BCUT2D eigenvalue weighted by Gasteiger charge is -2.18. The summed E-state index contributed by atoms with van der Waals surface area (Å²) < 4.78 is 31.0. The van der Waals surface area contributed by atoms with E-state index in [1.54, 1.807) is 11.9 Å². The summed E-state index contributed by atoms with van der Waals surface area (Å²) in [5.41, 5.74) is 4.81. The van der Waals surface area contributed by atoms with Crippen molar-refractivity contribution >= 4 is 15.7 Å². The Balaban J connectivity index is 1.35. The molecular weight excluding hydrogens is 466 g/mol.